The summed E-state index contributed by atoms with van der Waals surface area (Å²) in [6, 6.07) is 5.75. The molecule has 1 unspecified atom stereocenters. The molecule has 0 aliphatic carbocycles. The van der Waals surface area contributed by atoms with Crippen LogP contribution in [-0.4, -0.2) is 43.7 Å². The number of guanidine groups is 1. The summed E-state index contributed by atoms with van der Waals surface area (Å²) in [6.07, 6.45) is 4.23. The maximum absolute atomic E-state index is 6.52. The van der Waals surface area contributed by atoms with Crippen LogP contribution >= 0.6 is 23.2 Å². The van der Waals surface area contributed by atoms with Gasteiger partial charge >= 0.3 is 0 Å². The summed E-state index contributed by atoms with van der Waals surface area (Å²) in [7, 11) is 0. The Morgan fingerprint density at radius 3 is 2.80 bits per heavy atom. The molecule has 0 spiro atoms. The molecule has 1 atom stereocenters. The second-order valence-corrected chi connectivity index (χ2v) is 8.23. The fourth-order valence-electron chi connectivity index (χ4n) is 3.92. The number of rotatable bonds is 3. The van der Waals surface area contributed by atoms with Gasteiger partial charge in [-0.25, -0.2) is 0 Å². The Kier molecular flexibility index (Phi) is 6.13. The monoisotopic (exact) mass is 383 g/mol. The van der Waals surface area contributed by atoms with Gasteiger partial charge in [0.05, 0.1) is 6.54 Å². The van der Waals surface area contributed by atoms with Crippen molar-refractivity contribution in [3.05, 3.63) is 33.8 Å². The number of halogens is 2. The summed E-state index contributed by atoms with van der Waals surface area (Å²) in [5.41, 5.74) is 7.29. The van der Waals surface area contributed by atoms with Gasteiger partial charge in [0.1, 0.15) is 0 Å². The number of piperidine rings is 1. The molecule has 1 aromatic carbocycles. The Labute approximate surface area is 160 Å². The number of aliphatic imine (C=N–C) groups is 1. The Morgan fingerprint density at radius 2 is 2.12 bits per heavy atom. The van der Waals surface area contributed by atoms with Crippen LogP contribution < -0.4 is 5.73 Å². The smallest absolute Gasteiger partial charge is 0.191 e. The Hall–Kier alpha value is -0.970. The molecule has 2 saturated heterocycles. The van der Waals surface area contributed by atoms with Crippen molar-refractivity contribution in [1.82, 2.24) is 4.90 Å². The fourth-order valence-corrected chi connectivity index (χ4v) is 4.53. The van der Waals surface area contributed by atoms with Crippen LogP contribution in [0.25, 0.3) is 0 Å². The van der Waals surface area contributed by atoms with Crippen LogP contribution in [0.5, 0.6) is 0 Å². The topological polar surface area (TPSA) is 50.8 Å². The van der Waals surface area contributed by atoms with Crippen LogP contribution in [0.1, 0.15) is 38.2 Å². The molecule has 4 nitrogen and oxygen atoms in total. The zero-order chi connectivity index (χ0) is 17.9. The molecule has 0 radical (unpaired) electrons. The number of ether oxygens (including phenoxy) is 1. The van der Waals surface area contributed by atoms with E-state index in [4.69, 9.17) is 38.7 Å². The van der Waals surface area contributed by atoms with Gasteiger partial charge in [0, 0.05) is 41.8 Å². The lowest BCUT2D eigenvalue weighted by atomic mass is 9.74. The summed E-state index contributed by atoms with van der Waals surface area (Å²) in [4.78, 5) is 7.00. The predicted molar refractivity (Wildman–Crippen MR) is 105 cm³/mol. The van der Waals surface area contributed by atoms with Gasteiger partial charge in [0.25, 0.3) is 0 Å². The first-order valence-corrected chi connectivity index (χ1v) is 9.84. The molecule has 2 fully saturated rings. The second kappa shape index (κ2) is 8.15. The second-order valence-electron chi connectivity index (χ2n) is 7.38. The van der Waals surface area contributed by atoms with Crippen molar-refractivity contribution in [3.63, 3.8) is 0 Å². The summed E-state index contributed by atoms with van der Waals surface area (Å²) in [6.45, 7) is 6.33. The molecule has 25 heavy (non-hydrogen) atoms. The number of benzene rings is 1. The van der Waals surface area contributed by atoms with E-state index in [1.54, 1.807) is 0 Å². The van der Waals surface area contributed by atoms with Crippen molar-refractivity contribution in [2.45, 2.75) is 38.0 Å². The van der Waals surface area contributed by atoms with Crippen molar-refractivity contribution < 1.29 is 4.74 Å². The molecule has 2 heterocycles. The van der Waals surface area contributed by atoms with Gasteiger partial charge < -0.3 is 15.4 Å². The molecule has 1 aromatic rings. The van der Waals surface area contributed by atoms with Crippen LogP contribution in [0.2, 0.25) is 10.0 Å². The molecular formula is C19H27Cl2N3O. The van der Waals surface area contributed by atoms with E-state index < -0.39 is 0 Å². The minimum Gasteiger partial charge on any atom is -0.381 e. The normalized spacial score (nSPS) is 24.4. The van der Waals surface area contributed by atoms with Gasteiger partial charge in [-0.2, -0.15) is 0 Å². The lowest BCUT2D eigenvalue weighted by Gasteiger charge is -2.38. The van der Waals surface area contributed by atoms with Crippen LogP contribution in [-0.2, 0) is 10.2 Å². The zero-order valence-corrected chi connectivity index (χ0v) is 16.3. The highest BCUT2D eigenvalue weighted by molar-refractivity contribution is 6.35. The van der Waals surface area contributed by atoms with Gasteiger partial charge in [-0.3, -0.25) is 4.99 Å². The van der Waals surface area contributed by atoms with Gasteiger partial charge in [-0.15, -0.1) is 0 Å². The standard InChI is InChI=1S/C19H27Cl2N3O/c1-14-3-2-8-24(12-14)18(22)23-13-19(6-9-25-10-7-19)16-5-4-15(20)11-17(16)21/h4-5,11,14H,2-3,6-10,12-13H2,1H3,(H2,22,23). The van der Waals surface area contributed by atoms with E-state index >= 15 is 0 Å². The largest absolute Gasteiger partial charge is 0.381 e. The lowest BCUT2D eigenvalue weighted by molar-refractivity contribution is 0.0530. The minimum atomic E-state index is -0.133. The molecule has 0 saturated carbocycles. The van der Waals surface area contributed by atoms with E-state index in [2.05, 4.69) is 11.8 Å². The quantitative estimate of drug-likeness (QED) is 0.631. The van der Waals surface area contributed by atoms with Crippen molar-refractivity contribution >= 4 is 29.2 Å². The molecule has 2 aliphatic rings. The molecule has 2 aliphatic heterocycles. The van der Waals surface area contributed by atoms with Gasteiger partial charge in [-0.1, -0.05) is 36.2 Å². The summed E-state index contributed by atoms with van der Waals surface area (Å²) in [5.74, 6) is 1.33. The van der Waals surface area contributed by atoms with Crippen molar-refractivity contribution in [3.8, 4) is 0 Å². The maximum atomic E-state index is 6.52. The van der Waals surface area contributed by atoms with Gasteiger partial charge in [0.2, 0.25) is 0 Å². The molecule has 2 N–H and O–H groups in total. The highest BCUT2D eigenvalue weighted by atomic mass is 35.5. The van der Waals surface area contributed by atoms with E-state index in [9.17, 15) is 0 Å². The van der Waals surface area contributed by atoms with E-state index in [0.717, 1.165) is 44.7 Å². The van der Waals surface area contributed by atoms with E-state index in [1.807, 2.05) is 18.2 Å². The molecule has 0 amide bonds. The number of hydrogen-bond donors (Lipinski definition) is 1. The highest BCUT2D eigenvalue weighted by Gasteiger charge is 2.36. The molecular weight excluding hydrogens is 357 g/mol. The summed E-state index contributed by atoms with van der Waals surface area (Å²) < 4.78 is 5.59. The molecule has 3 rings (SSSR count). The Bertz CT molecular complexity index is 629. The first kappa shape index (κ1) is 18.8. The first-order valence-electron chi connectivity index (χ1n) is 9.08. The minimum absolute atomic E-state index is 0.133. The third kappa shape index (κ3) is 4.42. The van der Waals surface area contributed by atoms with Crippen LogP contribution in [0, 0.1) is 5.92 Å². The summed E-state index contributed by atoms with van der Waals surface area (Å²) >= 11 is 12.6. The summed E-state index contributed by atoms with van der Waals surface area (Å²) in [5, 5.41) is 1.36. The van der Waals surface area contributed by atoms with E-state index in [1.165, 1.54) is 12.8 Å². The van der Waals surface area contributed by atoms with Crippen molar-refractivity contribution in [1.29, 1.82) is 0 Å². The third-order valence-corrected chi connectivity index (χ3v) is 6.02. The van der Waals surface area contributed by atoms with E-state index in [0.29, 0.717) is 28.5 Å². The Balaban J connectivity index is 1.82. The number of likely N-dealkylation sites (tertiary alicyclic amines) is 1. The lowest BCUT2D eigenvalue weighted by Crippen LogP contribution is -2.45. The van der Waals surface area contributed by atoms with Crippen LogP contribution in [0.15, 0.2) is 23.2 Å². The fraction of sp³-hybridized carbons (Fsp3) is 0.632. The number of nitrogens with two attached hydrogens (primary N) is 1. The molecule has 6 heteroatoms. The number of hydrogen-bond acceptors (Lipinski definition) is 2. The highest BCUT2D eigenvalue weighted by Crippen LogP contribution is 2.40. The van der Waals surface area contributed by atoms with Gasteiger partial charge in [-0.05, 0) is 49.3 Å². The average Bonchev–Trinajstić information content (AvgIpc) is 2.60. The number of nitrogens with zero attached hydrogens (tertiary/aromatic N) is 2. The zero-order valence-electron chi connectivity index (χ0n) is 14.8. The van der Waals surface area contributed by atoms with Crippen molar-refractivity contribution in [2.75, 3.05) is 32.8 Å². The average molecular weight is 384 g/mol. The van der Waals surface area contributed by atoms with Crippen LogP contribution in [0.4, 0.5) is 0 Å². The molecule has 0 bridgehead atoms. The predicted octanol–water partition coefficient (Wildman–Crippen LogP) is 4.09. The van der Waals surface area contributed by atoms with Gasteiger partial charge in [0.15, 0.2) is 5.96 Å². The SMILES string of the molecule is CC1CCCN(C(N)=NCC2(c3ccc(Cl)cc3Cl)CCOCC2)C1. The molecule has 0 aromatic heterocycles. The maximum Gasteiger partial charge on any atom is 0.191 e. The third-order valence-electron chi connectivity index (χ3n) is 5.48. The first-order chi connectivity index (χ1) is 12.0. The van der Waals surface area contributed by atoms with Crippen molar-refractivity contribution in [2.24, 2.45) is 16.6 Å². The molecule has 138 valence electrons. The van der Waals surface area contributed by atoms with Crippen LogP contribution in [0.3, 0.4) is 0 Å². The Morgan fingerprint density at radius 1 is 1.36 bits per heavy atom. The van der Waals surface area contributed by atoms with E-state index in [-0.39, 0.29) is 5.41 Å².